The van der Waals surface area contributed by atoms with Crippen LogP contribution in [0.25, 0.3) is 0 Å². The van der Waals surface area contributed by atoms with Crippen molar-refractivity contribution in [3.8, 4) is 0 Å². The topological polar surface area (TPSA) is 69.6 Å². The number of carboxylic acids is 1. The monoisotopic (exact) mass is 332 g/mol. The number of carboxylic acid groups (broad SMARTS) is 1. The van der Waals surface area contributed by atoms with Crippen molar-refractivity contribution in [2.45, 2.75) is 39.5 Å². The Kier molecular flexibility index (Phi) is 5.52. The summed E-state index contributed by atoms with van der Waals surface area (Å²) in [5.74, 6) is -1.08. The molecule has 5 heteroatoms. The summed E-state index contributed by atoms with van der Waals surface area (Å²) >= 11 is 0. The van der Waals surface area contributed by atoms with E-state index in [1.165, 1.54) is 11.1 Å². The van der Waals surface area contributed by atoms with Gasteiger partial charge in [-0.25, -0.2) is 4.79 Å². The summed E-state index contributed by atoms with van der Waals surface area (Å²) in [6.45, 7) is 9.64. The third-order valence-corrected chi connectivity index (χ3v) is 4.81. The lowest BCUT2D eigenvalue weighted by Gasteiger charge is -2.35. The van der Waals surface area contributed by atoms with Crippen LogP contribution in [-0.2, 0) is 10.2 Å². The van der Waals surface area contributed by atoms with E-state index in [0.29, 0.717) is 19.5 Å². The van der Waals surface area contributed by atoms with Gasteiger partial charge in [-0.15, -0.1) is 0 Å². The quantitative estimate of drug-likeness (QED) is 0.890. The van der Waals surface area contributed by atoms with Crippen molar-refractivity contribution in [2.75, 3.05) is 19.6 Å². The number of piperidine rings is 1. The molecule has 1 heterocycles. The molecule has 2 rings (SSSR count). The molecule has 2 N–H and O–H groups in total. The molecule has 1 aromatic carbocycles. The highest BCUT2D eigenvalue weighted by Gasteiger charge is 2.32. The number of carbonyl (C=O) groups is 2. The molecule has 0 aromatic heterocycles. The number of hydrogen-bond acceptors (Lipinski definition) is 2. The van der Waals surface area contributed by atoms with Gasteiger partial charge in [0.1, 0.15) is 0 Å². The van der Waals surface area contributed by atoms with Crippen molar-refractivity contribution in [1.29, 1.82) is 0 Å². The summed E-state index contributed by atoms with van der Waals surface area (Å²) in [5, 5.41) is 12.2. The van der Waals surface area contributed by atoms with Gasteiger partial charge in [-0.05, 0) is 24.8 Å². The third-order valence-electron chi connectivity index (χ3n) is 4.81. The van der Waals surface area contributed by atoms with Gasteiger partial charge in [0.2, 0.25) is 0 Å². The first-order valence-electron chi connectivity index (χ1n) is 8.52. The molecule has 1 fully saturated rings. The maximum Gasteiger partial charge on any atom is 0.317 e. The molecule has 0 saturated carbocycles. The maximum atomic E-state index is 12.5. The van der Waals surface area contributed by atoms with Gasteiger partial charge in [0.25, 0.3) is 0 Å². The van der Waals surface area contributed by atoms with Crippen molar-refractivity contribution in [1.82, 2.24) is 10.2 Å². The van der Waals surface area contributed by atoms with Crippen LogP contribution in [0.3, 0.4) is 0 Å². The van der Waals surface area contributed by atoms with Crippen LogP contribution < -0.4 is 5.32 Å². The van der Waals surface area contributed by atoms with Crippen LogP contribution in [0.15, 0.2) is 24.3 Å². The normalized spacial score (nSPS) is 21.4. The molecule has 132 valence electrons. The SMILES string of the molecule is Cc1ccc(C(C)(C)CNC(=O)N2CC(C)CC(C(=O)O)C2)cc1. The van der Waals surface area contributed by atoms with E-state index in [1.807, 2.05) is 6.92 Å². The molecule has 0 radical (unpaired) electrons. The number of amides is 2. The fraction of sp³-hybridized carbons (Fsp3) is 0.579. The Labute approximate surface area is 144 Å². The van der Waals surface area contributed by atoms with E-state index < -0.39 is 11.9 Å². The number of urea groups is 1. The first-order valence-corrected chi connectivity index (χ1v) is 8.52. The predicted molar refractivity (Wildman–Crippen MR) is 94.1 cm³/mol. The molecule has 1 aliphatic heterocycles. The molecule has 5 nitrogen and oxygen atoms in total. The van der Waals surface area contributed by atoms with Gasteiger partial charge >= 0.3 is 12.0 Å². The van der Waals surface area contributed by atoms with E-state index in [9.17, 15) is 14.7 Å². The number of hydrogen-bond donors (Lipinski definition) is 2. The second-order valence-corrected chi connectivity index (χ2v) is 7.69. The molecule has 2 amide bonds. The number of nitrogens with zero attached hydrogens (tertiary/aromatic N) is 1. The second-order valence-electron chi connectivity index (χ2n) is 7.69. The summed E-state index contributed by atoms with van der Waals surface area (Å²) in [5.41, 5.74) is 2.20. The molecule has 0 bridgehead atoms. The average molecular weight is 332 g/mol. The van der Waals surface area contributed by atoms with E-state index in [1.54, 1.807) is 4.90 Å². The lowest BCUT2D eigenvalue weighted by molar-refractivity contribution is -0.143. The van der Waals surface area contributed by atoms with Crippen LogP contribution in [0.1, 0.15) is 38.3 Å². The molecule has 1 saturated heterocycles. The van der Waals surface area contributed by atoms with Crippen molar-refractivity contribution in [3.05, 3.63) is 35.4 Å². The molecule has 1 aromatic rings. The third kappa shape index (κ3) is 4.49. The van der Waals surface area contributed by atoms with Crippen molar-refractivity contribution < 1.29 is 14.7 Å². The highest BCUT2D eigenvalue weighted by atomic mass is 16.4. The number of aryl methyl sites for hydroxylation is 1. The van der Waals surface area contributed by atoms with Gasteiger partial charge < -0.3 is 15.3 Å². The number of aliphatic carboxylic acids is 1. The number of nitrogens with one attached hydrogen (secondary N) is 1. The zero-order valence-electron chi connectivity index (χ0n) is 15.0. The molecule has 2 unspecified atom stereocenters. The highest BCUT2D eigenvalue weighted by Crippen LogP contribution is 2.24. The van der Waals surface area contributed by atoms with Crippen LogP contribution in [0.2, 0.25) is 0 Å². The summed E-state index contributed by atoms with van der Waals surface area (Å²) in [7, 11) is 0. The molecular weight excluding hydrogens is 304 g/mol. The Bertz CT molecular complexity index is 595. The standard InChI is InChI=1S/C19H28N2O3/c1-13-5-7-16(8-6-13)19(3,4)12-20-18(24)21-10-14(2)9-15(11-21)17(22)23/h5-8,14-15H,9-12H2,1-4H3,(H,20,24)(H,22,23). The smallest absolute Gasteiger partial charge is 0.317 e. The largest absolute Gasteiger partial charge is 0.481 e. The van der Waals surface area contributed by atoms with E-state index in [4.69, 9.17) is 0 Å². The maximum absolute atomic E-state index is 12.5. The molecule has 24 heavy (non-hydrogen) atoms. The fourth-order valence-corrected chi connectivity index (χ4v) is 3.21. The minimum absolute atomic E-state index is 0.173. The lowest BCUT2D eigenvalue weighted by Crippen LogP contribution is -2.51. The predicted octanol–water partition coefficient (Wildman–Crippen LogP) is 3.02. The molecule has 1 aliphatic rings. The summed E-state index contributed by atoms with van der Waals surface area (Å²) < 4.78 is 0. The molecule has 0 aliphatic carbocycles. The van der Waals surface area contributed by atoms with Crippen molar-refractivity contribution in [2.24, 2.45) is 11.8 Å². The number of rotatable bonds is 4. The van der Waals surface area contributed by atoms with Crippen molar-refractivity contribution >= 4 is 12.0 Å². The van der Waals surface area contributed by atoms with Crippen LogP contribution >= 0.6 is 0 Å². The van der Waals surface area contributed by atoms with Crippen LogP contribution in [0, 0.1) is 18.8 Å². The summed E-state index contributed by atoms with van der Waals surface area (Å²) in [6.07, 6.45) is 0.633. The Morgan fingerprint density at radius 3 is 2.46 bits per heavy atom. The van der Waals surface area contributed by atoms with Crippen molar-refractivity contribution in [3.63, 3.8) is 0 Å². The van der Waals surface area contributed by atoms with Gasteiger partial charge in [0, 0.05) is 25.0 Å². The van der Waals surface area contributed by atoms with Gasteiger partial charge in [0.15, 0.2) is 0 Å². The van der Waals surface area contributed by atoms with Crippen LogP contribution in [-0.4, -0.2) is 41.6 Å². The number of carbonyl (C=O) groups excluding carboxylic acids is 1. The fourth-order valence-electron chi connectivity index (χ4n) is 3.21. The van der Waals surface area contributed by atoms with Gasteiger partial charge in [0.05, 0.1) is 5.92 Å². The van der Waals surface area contributed by atoms with Gasteiger partial charge in [-0.1, -0.05) is 50.6 Å². The number of benzene rings is 1. The van der Waals surface area contributed by atoms with E-state index in [-0.39, 0.29) is 23.9 Å². The Morgan fingerprint density at radius 1 is 1.25 bits per heavy atom. The molecular formula is C19H28N2O3. The van der Waals surface area contributed by atoms with Crippen LogP contribution in [0.5, 0.6) is 0 Å². The Hall–Kier alpha value is -2.04. The zero-order chi connectivity index (χ0) is 17.9. The van der Waals surface area contributed by atoms with Crippen LogP contribution in [0.4, 0.5) is 4.79 Å². The Balaban J connectivity index is 1.96. The van der Waals surface area contributed by atoms with E-state index in [0.717, 1.165) is 0 Å². The number of likely N-dealkylation sites (tertiary alicyclic amines) is 1. The highest BCUT2D eigenvalue weighted by molar-refractivity contribution is 5.76. The first kappa shape index (κ1) is 18.3. The molecule has 0 spiro atoms. The lowest BCUT2D eigenvalue weighted by atomic mass is 9.84. The van der Waals surface area contributed by atoms with Gasteiger partial charge in [-0.2, -0.15) is 0 Å². The first-order chi connectivity index (χ1) is 11.2. The summed E-state index contributed by atoms with van der Waals surface area (Å²) in [4.78, 5) is 25.3. The second kappa shape index (κ2) is 7.24. The zero-order valence-corrected chi connectivity index (χ0v) is 15.0. The van der Waals surface area contributed by atoms with E-state index >= 15 is 0 Å². The molecule has 2 atom stereocenters. The average Bonchev–Trinajstić information content (AvgIpc) is 2.52. The minimum atomic E-state index is -0.820. The van der Waals surface area contributed by atoms with Gasteiger partial charge in [-0.3, -0.25) is 4.79 Å². The van der Waals surface area contributed by atoms with E-state index in [2.05, 4.69) is 50.4 Å². The summed E-state index contributed by atoms with van der Waals surface area (Å²) in [6, 6.07) is 8.15. The minimum Gasteiger partial charge on any atom is -0.481 e. The Morgan fingerprint density at radius 2 is 1.88 bits per heavy atom.